The zero-order valence-electron chi connectivity index (χ0n) is 12.4. The zero-order chi connectivity index (χ0) is 14.9. The Morgan fingerprint density at radius 3 is 2.60 bits per heavy atom. The topological polar surface area (TPSA) is 68.2 Å². The second kappa shape index (κ2) is 5.67. The van der Waals surface area contributed by atoms with Crippen LogP contribution in [0.15, 0.2) is 12.1 Å². The fourth-order valence-electron chi connectivity index (χ4n) is 2.90. The Morgan fingerprint density at radius 1 is 1.35 bits per heavy atom. The van der Waals surface area contributed by atoms with Crippen molar-refractivity contribution in [1.82, 2.24) is 4.57 Å². The van der Waals surface area contributed by atoms with Crippen LogP contribution in [0.1, 0.15) is 40.5 Å². The molecule has 4 heteroatoms. The number of hydrogen-bond acceptors (Lipinski definition) is 2. The van der Waals surface area contributed by atoms with E-state index in [-0.39, 0.29) is 0 Å². The van der Waals surface area contributed by atoms with Crippen LogP contribution < -0.4 is 5.73 Å². The summed E-state index contributed by atoms with van der Waals surface area (Å²) in [6, 6.07) is 3.79. The van der Waals surface area contributed by atoms with Crippen LogP contribution in [0.3, 0.4) is 0 Å². The maximum absolute atomic E-state index is 11.3. The van der Waals surface area contributed by atoms with E-state index in [0.29, 0.717) is 12.1 Å². The van der Waals surface area contributed by atoms with Crippen molar-refractivity contribution < 1.29 is 9.90 Å². The molecule has 0 spiro atoms. The number of rotatable bonds is 5. The normalized spacial score (nSPS) is 11.2. The first kappa shape index (κ1) is 14.6. The zero-order valence-corrected chi connectivity index (χ0v) is 12.4. The predicted octanol–water partition coefficient (Wildman–Crippen LogP) is 2.87. The van der Waals surface area contributed by atoms with E-state index in [4.69, 9.17) is 5.73 Å². The quantitative estimate of drug-likeness (QED) is 0.881. The first-order chi connectivity index (χ1) is 9.51. The Morgan fingerprint density at radius 2 is 2.05 bits per heavy atom. The van der Waals surface area contributed by atoms with E-state index in [2.05, 4.69) is 18.4 Å². The average molecular weight is 274 g/mol. The van der Waals surface area contributed by atoms with Crippen molar-refractivity contribution in [3.05, 3.63) is 34.5 Å². The molecule has 0 unspecified atom stereocenters. The average Bonchev–Trinajstić information content (AvgIpc) is 2.64. The Labute approximate surface area is 119 Å². The molecule has 2 aromatic rings. The highest BCUT2D eigenvalue weighted by Gasteiger charge is 2.17. The van der Waals surface area contributed by atoms with Crippen molar-refractivity contribution in [3.8, 4) is 0 Å². The molecule has 0 fully saturated rings. The van der Waals surface area contributed by atoms with Crippen molar-refractivity contribution in [3.63, 3.8) is 0 Å². The van der Waals surface area contributed by atoms with Crippen molar-refractivity contribution in [2.45, 2.75) is 40.2 Å². The third-order valence-corrected chi connectivity index (χ3v) is 3.87. The predicted molar refractivity (Wildman–Crippen MR) is 81.4 cm³/mol. The van der Waals surface area contributed by atoms with Crippen LogP contribution >= 0.6 is 0 Å². The largest absolute Gasteiger partial charge is 0.478 e. The smallest absolute Gasteiger partial charge is 0.336 e. The molecule has 1 aromatic carbocycles. The van der Waals surface area contributed by atoms with Crippen molar-refractivity contribution in [1.29, 1.82) is 0 Å². The number of benzene rings is 1. The molecule has 1 heterocycles. The lowest BCUT2D eigenvalue weighted by Crippen LogP contribution is -2.05. The number of aromatic carboxylic acids is 1. The molecule has 4 nitrogen and oxygen atoms in total. The first-order valence-electron chi connectivity index (χ1n) is 7.06. The molecular weight excluding hydrogens is 252 g/mol. The van der Waals surface area contributed by atoms with Crippen LogP contribution in [0.4, 0.5) is 0 Å². The summed E-state index contributed by atoms with van der Waals surface area (Å²) in [6.07, 6.45) is 1.84. The number of nitrogens with two attached hydrogens (primary N) is 1. The SMILES string of the molecule is CCCn1c(C)c(CCN)c2cc(C)c(C(=O)O)cc21. The minimum absolute atomic E-state index is 0.381. The van der Waals surface area contributed by atoms with Gasteiger partial charge in [-0.05, 0) is 56.5 Å². The lowest BCUT2D eigenvalue weighted by Gasteiger charge is -2.08. The number of aryl methyl sites for hydroxylation is 2. The van der Waals surface area contributed by atoms with Gasteiger partial charge in [-0.2, -0.15) is 0 Å². The van der Waals surface area contributed by atoms with E-state index >= 15 is 0 Å². The summed E-state index contributed by atoms with van der Waals surface area (Å²) in [6.45, 7) is 7.57. The van der Waals surface area contributed by atoms with Crippen molar-refractivity contribution >= 4 is 16.9 Å². The van der Waals surface area contributed by atoms with Crippen LogP contribution in [-0.4, -0.2) is 22.2 Å². The van der Waals surface area contributed by atoms with Gasteiger partial charge in [-0.15, -0.1) is 0 Å². The van der Waals surface area contributed by atoms with E-state index in [0.717, 1.165) is 35.9 Å². The fraction of sp³-hybridized carbons (Fsp3) is 0.438. The van der Waals surface area contributed by atoms with Gasteiger partial charge in [-0.3, -0.25) is 0 Å². The van der Waals surface area contributed by atoms with Gasteiger partial charge in [0.2, 0.25) is 0 Å². The summed E-state index contributed by atoms with van der Waals surface area (Å²) in [5, 5.41) is 10.4. The molecule has 1 aromatic heterocycles. The van der Waals surface area contributed by atoms with E-state index < -0.39 is 5.97 Å². The summed E-state index contributed by atoms with van der Waals surface area (Å²) in [4.78, 5) is 11.3. The van der Waals surface area contributed by atoms with Gasteiger partial charge in [-0.25, -0.2) is 4.79 Å². The number of nitrogens with zero attached hydrogens (tertiary/aromatic N) is 1. The minimum Gasteiger partial charge on any atom is -0.478 e. The number of carbonyl (C=O) groups is 1. The Kier molecular flexibility index (Phi) is 4.14. The molecule has 20 heavy (non-hydrogen) atoms. The van der Waals surface area contributed by atoms with Crippen molar-refractivity contribution in [2.24, 2.45) is 5.73 Å². The lowest BCUT2D eigenvalue weighted by molar-refractivity contribution is 0.0696. The molecule has 0 aliphatic heterocycles. The van der Waals surface area contributed by atoms with Crippen LogP contribution in [-0.2, 0) is 13.0 Å². The van der Waals surface area contributed by atoms with Gasteiger partial charge in [-0.1, -0.05) is 6.92 Å². The van der Waals surface area contributed by atoms with E-state index in [1.54, 1.807) is 6.07 Å². The molecule has 0 aliphatic rings. The highest BCUT2D eigenvalue weighted by molar-refractivity contribution is 5.97. The van der Waals surface area contributed by atoms with E-state index in [9.17, 15) is 9.90 Å². The van der Waals surface area contributed by atoms with Crippen molar-refractivity contribution in [2.75, 3.05) is 6.54 Å². The molecule has 0 saturated heterocycles. The minimum atomic E-state index is -0.869. The highest BCUT2D eigenvalue weighted by Crippen LogP contribution is 2.29. The summed E-state index contributed by atoms with van der Waals surface area (Å²) in [5.41, 5.74) is 10.4. The number of hydrogen-bond donors (Lipinski definition) is 2. The summed E-state index contributed by atoms with van der Waals surface area (Å²) < 4.78 is 2.21. The second-order valence-corrected chi connectivity index (χ2v) is 5.24. The summed E-state index contributed by atoms with van der Waals surface area (Å²) >= 11 is 0. The summed E-state index contributed by atoms with van der Waals surface area (Å²) in [7, 11) is 0. The molecule has 0 aliphatic carbocycles. The van der Waals surface area contributed by atoms with Gasteiger partial charge in [0.1, 0.15) is 0 Å². The second-order valence-electron chi connectivity index (χ2n) is 5.24. The van der Waals surface area contributed by atoms with E-state index in [1.807, 2.05) is 13.0 Å². The molecular formula is C16H22N2O2. The van der Waals surface area contributed by atoms with Crippen LogP contribution in [0.2, 0.25) is 0 Å². The first-order valence-corrected chi connectivity index (χ1v) is 7.06. The summed E-state index contributed by atoms with van der Waals surface area (Å²) in [5.74, 6) is -0.869. The van der Waals surface area contributed by atoms with Gasteiger partial charge in [0.15, 0.2) is 0 Å². The van der Waals surface area contributed by atoms with Gasteiger partial charge in [0, 0.05) is 23.1 Å². The standard InChI is InChI=1S/C16H22N2O2/c1-4-7-18-11(3)12(5-6-17)14-8-10(2)13(16(19)20)9-15(14)18/h8-9H,4-7,17H2,1-3H3,(H,19,20). The molecule has 0 saturated carbocycles. The van der Waals surface area contributed by atoms with Gasteiger partial charge >= 0.3 is 5.97 Å². The monoisotopic (exact) mass is 274 g/mol. The number of carboxylic acid groups (broad SMARTS) is 1. The molecule has 0 bridgehead atoms. The third-order valence-electron chi connectivity index (χ3n) is 3.87. The Hall–Kier alpha value is -1.81. The molecule has 0 amide bonds. The van der Waals surface area contributed by atoms with Gasteiger partial charge in [0.05, 0.1) is 5.56 Å². The number of carboxylic acids is 1. The molecule has 0 radical (unpaired) electrons. The molecule has 108 valence electrons. The lowest BCUT2D eigenvalue weighted by atomic mass is 10.0. The Balaban J connectivity index is 2.78. The Bertz CT molecular complexity index is 656. The fourth-order valence-corrected chi connectivity index (χ4v) is 2.90. The number of aromatic nitrogens is 1. The molecule has 2 rings (SSSR count). The number of fused-ring (bicyclic) bond motifs is 1. The van der Waals surface area contributed by atoms with Gasteiger partial charge < -0.3 is 15.4 Å². The highest BCUT2D eigenvalue weighted by atomic mass is 16.4. The molecule has 3 N–H and O–H groups in total. The van der Waals surface area contributed by atoms with Crippen LogP contribution in [0.5, 0.6) is 0 Å². The van der Waals surface area contributed by atoms with Gasteiger partial charge in [0.25, 0.3) is 0 Å². The molecule has 0 atom stereocenters. The van der Waals surface area contributed by atoms with E-state index in [1.165, 1.54) is 11.3 Å². The van der Waals surface area contributed by atoms with Crippen LogP contribution in [0, 0.1) is 13.8 Å². The van der Waals surface area contributed by atoms with Crippen LogP contribution in [0.25, 0.3) is 10.9 Å². The third kappa shape index (κ3) is 2.31. The maximum Gasteiger partial charge on any atom is 0.336 e. The maximum atomic E-state index is 11.3.